The van der Waals surface area contributed by atoms with Crippen molar-refractivity contribution < 1.29 is 18.0 Å². The summed E-state index contributed by atoms with van der Waals surface area (Å²) in [7, 11) is -4.15. The Morgan fingerprint density at radius 3 is 2.31 bits per heavy atom. The van der Waals surface area contributed by atoms with Gasteiger partial charge in [-0.1, -0.05) is 18.2 Å². The van der Waals surface area contributed by atoms with Crippen molar-refractivity contribution in [3.63, 3.8) is 0 Å². The van der Waals surface area contributed by atoms with E-state index in [1.54, 1.807) is 11.5 Å². The molecule has 1 aromatic rings. The molecule has 3 N–H and O–H groups in total. The second-order valence-electron chi connectivity index (χ2n) is 2.67. The number of hydrazine groups is 1. The Morgan fingerprint density at radius 1 is 1.31 bits per heavy atom. The summed E-state index contributed by atoms with van der Waals surface area (Å²) < 4.78 is 23.6. The monoisotopic (exact) mass is 243 g/mol. The molecule has 16 heavy (non-hydrogen) atoms. The van der Waals surface area contributed by atoms with E-state index in [-0.39, 0.29) is 15.7 Å². The smallest absolute Gasteiger partial charge is 0.348 e. The van der Waals surface area contributed by atoms with Crippen LogP contribution in [0.1, 0.15) is 0 Å². The molecule has 0 aliphatic heterocycles. The van der Waals surface area contributed by atoms with E-state index in [2.05, 4.69) is 0 Å². The molecular formula is C8H9N3O4S. The van der Waals surface area contributed by atoms with Gasteiger partial charge in [0.1, 0.15) is 0 Å². The first kappa shape index (κ1) is 12.0. The Kier molecular flexibility index (Phi) is 3.46. The zero-order valence-corrected chi connectivity index (χ0v) is 8.85. The number of carbonyl (C=O) groups excluding carboxylic acids is 2. The lowest BCUT2D eigenvalue weighted by Gasteiger charge is -2.17. The topological polar surface area (TPSA) is 110 Å². The number of carbonyl (C=O) groups is 2. The number of amides is 3. The molecule has 0 atom stereocenters. The third-order valence-electron chi connectivity index (χ3n) is 1.65. The van der Waals surface area contributed by atoms with Crippen molar-refractivity contribution in [2.24, 2.45) is 5.73 Å². The van der Waals surface area contributed by atoms with E-state index >= 15 is 0 Å². The molecule has 0 saturated heterocycles. The zero-order chi connectivity index (χ0) is 12.2. The van der Waals surface area contributed by atoms with Gasteiger partial charge < -0.3 is 5.73 Å². The summed E-state index contributed by atoms with van der Waals surface area (Å²) in [6.07, 6.45) is 0.0469. The molecule has 0 unspecified atom stereocenters. The maximum Gasteiger partial charge on any atom is 0.348 e. The quantitative estimate of drug-likeness (QED) is 0.544. The highest BCUT2D eigenvalue weighted by molar-refractivity contribution is 7.89. The van der Waals surface area contributed by atoms with Crippen LogP contribution in [0.5, 0.6) is 0 Å². The highest BCUT2D eigenvalue weighted by atomic mass is 32.2. The van der Waals surface area contributed by atoms with Crippen molar-refractivity contribution in [2.45, 2.75) is 4.90 Å². The molecule has 0 radical (unpaired) electrons. The average Bonchev–Trinajstić information content (AvgIpc) is 2.26. The van der Waals surface area contributed by atoms with Crippen molar-refractivity contribution in [3.8, 4) is 0 Å². The average molecular weight is 243 g/mol. The van der Waals surface area contributed by atoms with E-state index in [0.29, 0.717) is 0 Å². The normalized spacial score (nSPS) is 10.5. The second kappa shape index (κ2) is 4.62. The van der Waals surface area contributed by atoms with Gasteiger partial charge in [0.2, 0.25) is 6.41 Å². The Bertz CT molecular complexity index is 485. The van der Waals surface area contributed by atoms with Gasteiger partial charge in [0.25, 0.3) is 10.0 Å². The van der Waals surface area contributed by atoms with Crippen LogP contribution < -0.4 is 11.2 Å². The predicted octanol–water partition coefficient (Wildman–Crippen LogP) is -0.583. The van der Waals surface area contributed by atoms with Crippen LogP contribution >= 0.6 is 0 Å². The van der Waals surface area contributed by atoms with Gasteiger partial charge in [-0.3, -0.25) is 10.2 Å². The molecule has 0 heterocycles. The van der Waals surface area contributed by atoms with Crippen LogP contribution in [0.4, 0.5) is 4.79 Å². The number of nitrogens with two attached hydrogens (primary N) is 1. The van der Waals surface area contributed by atoms with E-state index in [9.17, 15) is 18.0 Å². The number of hydrogen-bond acceptors (Lipinski definition) is 4. The van der Waals surface area contributed by atoms with Gasteiger partial charge in [-0.15, -0.1) is 4.41 Å². The van der Waals surface area contributed by atoms with Gasteiger partial charge in [-0.05, 0) is 12.1 Å². The van der Waals surface area contributed by atoms with Gasteiger partial charge in [-0.2, -0.15) is 8.42 Å². The molecule has 0 spiro atoms. The molecule has 7 nitrogen and oxygen atoms in total. The zero-order valence-electron chi connectivity index (χ0n) is 8.03. The molecule has 0 fully saturated rings. The van der Waals surface area contributed by atoms with Gasteiger partial charge in [-0.25, -0.2) is 4.79 Å². The molecule has 0 bridgehead atoms. The van der Waals surface area contributed by atoms with Crippen molar-refractivity contribution in [3.05, 3.63) is 30.3 Å². The highest BCUT2D eigenvalue weighted by Gasteiger charge is 2.27. The lowest BCUT2D eigenvalue weighted by atomic mass is 10.4. The summed E-state index contributed by atoms with van der Waals surface area (Å²) in [6, 6.07) is 5.83. The minimum absolute atomic E-state index is 0.0469. The summed E-state index contributed by atoms with van der Waals surface area (Å²) in [4.78, 5) is 20.9. The number of hydrogen-bond donors (Lipinski definition) is 2. The third-order valence-corrected chi connectivity index (χ3v) is 3.29. The van der Waals surface area contributed by atoms with E-state index in [1.807, 2.05) is 0 Å². The molecule has 8 heteroatoms. The van der Waals surface area contributed by atoms with Crippen LogP contribution in [0.15, 0.2) is 35.2 Å². The van der Waals surface area contributed by atoms with Gasteiger partial charge in [0.15, 0.2) is 0 Å². The molecule has 0 aromatic heterocycles. The minimum atomic E-state index is -4.15. The summed E-state index contributed by atoms with van der Waals surface area (Å²) in [5.74, 6) is 0. The summed E-state index contributed by atoms with van der Waals surface area (Å²) in [5.41, 5.74) is 6.54. The largest absolute Gasteiger partial charge is 0.349 e. The summed E-state index contributed by atoms with van der Waals surface area (Å²) in [6.45, 7) is 0. The van der Waals surface area contributed by atoms with Crippen LogP contribution in [-0.2, 0) is 14.8 Å². The molecule has 1 rings (SSSR count). The number of urea groups is 1. The molecule has 86 valence electrons. The molecule has 1 aromatic carbocycles. The molecule has 0 saturated carbocycles. The first-order valence-corrected chi connectivity index (χ1v) is 5.54. The Morgan fingerprint density at radius 2 is 1.88 bits per heavy atom. The van der Waals surface area contributed by atoms with Crippen LogP contribution in [0.25, 0.3) is 0 Å². The first-order chi connectivity index (χ1) is 7.50. The maximum atomic E-state index is 11.8. The van der Waals surface area contributed by atoms with Crippen LogP contribution in [0.3, 0.4) is 0 Å². The fourth-order valence-electron chi connectivity index (χ4n) is 0.997. The van der Waals surface area contributed by atoms with E-state index in [4.69, 9.17) is 5.73 Å². The SMILES string of the molecule is NC(=O)N(NC=O)S(=O)(=O)c1ccccc1. The Balaban J connectivity index is 3.19. The van der Waals surface area contributed by atoms with Crippen LogP contribution in [0.2, 0.25) is 0 Å². The molecular weight excluding hydrogens is 234 g/mol. The third kappa shape index (κ3) is 2.28. The van der Waals surface area contributed by atoms with Crippen molar-refractivity contribution in [1.29, 1.82) is 0 Å². The molecule has 0 aliphatic rings. The van der Waals surface area contributed by atoms with Crippen molar-refractivity contribution in [2.75, 3.05) is 0 Å². The fourth-order valence-corrected chi connectivity index (χ4v) is 2.13. The fraction of sp³-hybridized carbons (Fsp3) is 0. The standard InChI is InChI=1S/C8H9N3O4S/c9-8(13)11(10-6-12)16(14,15)7-4-2-1-3-5-7/h1-6H,(H2,9,13)(H,10,12). The van der Waals surface area contributed by atoms with Gasteiger partial charge in [0.05, 0.1) is 4.90 Å². The molecule has 3 amide bonds. The van der Waals surface area contributed by atoms with Crippen molar-refractivity contribution >= 4 is 22.5 Å². The van der Waals surface area contributed by atoms with Gasteiger partial charge in [0, 0.05) is 0 Å². The van der Waals surface area contributed by atoms with Crippen molar-refractivity contribution in [1.82, 2.24) is 9.84 Å². The van der Waals surface area contributed by atoms with E-state index in [0.717, 1.165) is 0 Å². The summed E-state index contributed by atoms with van der Waals surface area (Å²) >= 11 is 0. The predicted molar refractivity (Wildman–Crippen MR) is 54.2 cm³/mol. The Labute approximate surface area is 91.9 Å². The van der Waals surface area contributed by atoms with E-state index < -0.39 is 16.1 Å². The number of sulfonamides is 1. The molecule has 0 aliphatic carbocycles. The first-order valence-electron chi connectivity index (χ1n) is 4.10. The van der Waals surface area contributed by atoms with E-state index in [1.165, 1.54) is 24.3 Å². The minimum Gasteiger partial charge on any atom is -0.349 e. The number of primary amides is 1. The number of nitrogens with zero attached hydrogens (tertiary/aromatic N) is 1. The summed E-state index contributed by atoms with van der Waals surface area (Å²) in [5, 5.41) is 0. The maximum absolute atomic E-state index is 11.8. The van der Waals surface area contributed by atoms with Crippen LogP contribution in [0, 0.1) is 0 Å². The highest BCUT2D eigenvalue weighted by Crippen LogP contribution is 2.12. The lowest BCUT2D eigenvalue weighted by Crippen LogP contribution is -2.49. The number of nitrogens with one attached hydrogen (secondary N) is 1. The number of benzene rings is 1. The number of rotatable bonds is 4. The van der Waals surface area contributed by atoms with Crippen LogP contribution in [-0.4, -0.2) is 25.3 Å². The second-order valence-corrected chi connectivity index (χ2v) is 4.45. The lowest BCUT2D eigenvalue weighted by molar-refractivity contribution is -0.111. The van der Waals surface area contributed by atoms with Gasteiger partial charge >= 0.3 is 6.03 Å². The Hall–Kier alpha value is -2.09.